The fourth-order valence-corrected chi connectivity index (χ4v) is 2.80. The normalized spacial score (nSPS) is 10.7. The van der Waals surface area contributed by atoms with Crippen LogP contribution in [0.25, 0.3) is 0 Å². The number of nitrogens with zero attached hydrogens (tertiary/aromatic N) is 2. The van der Waals surface area contributed by atoms with Crippen molar-refractivity contribution in [1.82, 2.24) is 9.36 Å². The molecule has 1 N–H and O–H groups in total. The van der Waals surface area contributed by atoms with Crippen molar-refractivity contribution in [3.05, 3.63) is 42.0 Å². The van der Waals surface area contributed by atoms with Crippen molar-refractivity contribution in [2.45, 2.75) is 18.5 Å². The number of amides is 1. The molecule has 0 fully saturated rings. The van der Waals surface area contributed by atoms with E-state index in [1.807, 2.05) is 6.26 Å². The SMILES string of the molecule is C/C=C/C(=O)Oc1ccc(CC(=O)Nc2nc(SC)ns2)cc1. The molecule has 2 rings (SSSR count). The third kappa shape index (κ3) is 5.50. The van der Waals surface area contributed by atoms with Gasteiger partial charge in [-0.3, -0.25) is 4.79 Å². The zero-order chi connectivity index (χ0) is 16.7. The first kappa shape index (κ1) is 17.2. The average molecular weight is 349 g/mol. The van der Waals surface area contributed by atoms with E-state index in [1.165, 1.54) is 17.8 Å². The molecule has 0 bridgehead atoms. The summed E-state index contributed by atoms with van der Waals surface area (Å²) in [7, 11) is 0. The number of ether oxygens (including phenoxy) is 1. The van der Waals surface area contributed by atoms with Crippen LogP contribution in [0.15, 0.2) is 41.6 Å². The van der Waals surface area contributed by atoms with Crippen molar-refractivity contribution in [2.24, 2.45) is 0 Å². The van der Waals surface area contributed by atoms with E-state index >= 15 is 0 Å². The van der Waals surface area contributed by atoms with E-state index in [0.29, 0.717) is 16.0 Å². The lowest BCUT2D eigenvalue weighted by Gasteiger charge is -2.04. The predicted octanol–water partition coefficient (Wildman–Crippen LogP) is 2.92. The van der Waals surface area contributed by atoms with Gasteiger partial charge < -0.3 is 10.1 Å². The number of allylic oxidation sites excluding steroid dienone is 1. The van der Waals surface area contributed by atoms with Crippen LogP contribution in [0.4, 0.5) is 5.13 Å². The molecule has 120 valence electrons. The van der Waals surface area contributed by atoms with Crippen molar-refractivity contribution in [2.75, 3.05) is 11.6 Å². The van der Waals surface area contributed by atoms with Gasteiger partial charge in [0.05, 0.1) is 6.42 Å². The van der Waals surface area contributed by atoms with Gasteiger partial charge in [-0.05, 0) is 30.9 Å². The maximum absolute atomic E-state index is 12.0. The van der Waals surface area contributed by atoms with Gasteiger partial charge in [0.1, 0.15) is 5.75 Å². The van der Waals surface area contributed by atoms with Gasteiger partial charge in [0, 0.05) is 17.6 Å². The smallest absolute Gasteiger partial charge is 0.335 e. The summed E-state index contributed by atoms with van der Waals surface area (Å²) >= 11 is 2.57. The van der Waals surface area contributed by atoms with Gasteiger partial charge >= 0.3 is 5.97 Å². The summed E-state index contributed by atoms with van der Waals surface area (Å²) in [6.45, 7) is 1.74. The predicted molar refractivity (Wildman–Crippen MR) is 90.9 cm³/mol. The van der Waals surface area contributed by atoms with Crippen molar-refractivity contribution in [3.8, 4) is 5.75 Å². The average Bonchev–Trinajstić information content (AvgIpc) is 2.97. The molecule has 0 saturated carbocycles. The highest BCUT2D eigenvalue weighted by Crippen LogP contribution is 2.18. The quantitative estimate of drug-likeness (QED) is 0.374. The van der Waals surface area contributed by atoms with Gasteiger partial charge in [-0.2, -0.15) is 9.36 Å². The van der Waals surface area contributed by atoms with Crippen LogP contribution in [0, 0.1) is 0 Å². The number of carbonyl (C=O) groups excluding carboxylic acids is 2. The number of nitrogens with one attached hydrogen (secondary N) is 1. The Kier molecular flexibility index (Phi) is 6.30. The molecule has 0 saturated heterocycles. The van der Waals surface area contributed by atoms with Crippen molar-refractivity contribution in [1.29, 1.82) is 0 Å². The number of carbonyl (C=O) groups is 2. The lowest BCUT2D eigenvalue weighted by atomic mass is 10.1. The van der Waals surface area contributed by atoms with E-state index in [0.717, 1.165) is 17.1 Å². The number of anilines is 1. The molecule has 8 heteroatoms. The van der Waals surface area contributed by atoms with E-state index in [2.05, 4.69) is 14.7 Å². The summed E-state index contributed by atoms with van der Waals surface area (Å²) < 4.78 is 9.15. The first-order valence-corrected chi connectivity index (χ1v) is 8.71. The first-order chi connectivity index (χ1) is 11.1. The van der Waals surface area contributed by atoms with E-state index in [1.54, 1.807) is 37.3 Å². The molecular formula is C15H15N3O3S2. The van der Waals surface area contributed by atoms with Crippen molar-refractivity contribution < 1.29 is 14.3 Å². The van der Waals surface area contributed by atoms with Crippen LogP contribution >= 0.6 is 23.3 Å². The topological polar surface area (TPSA) is 81.2 Å². The molecule has 1 aromatic heterocycles. The lowest BCUT2D eigenvalue weighted by Crippen LogP contribution is -2.14. The number of esters is 1. The molecule has 1 aromatic carbocycles. The highest BCUT2D eigenvalue weighted by atomic mass is 32.2. The second kappa shape index (κ2) is 8.44. The van der Waals surface area contributed by atoms with Crippen molar-refractivity contribution in [3.63, 3.8) is 0 Å². The van der Waals surface area contributed by atoms with Gasteiger partial charge in [0.2, 0.25) is 16.2 Å². The first-order valence-electron chi connectivity index (χ1n) is 6.71. The molecule has 2 aromatic rings. The van der Waals surface area contributed by atoms with E-state index < -0.39 is 5.97 Å². The Balaban J connectivity index is 1.89. The molecule has 0 aliphatic carbocycles. The molecule has 0 aliphatic rings. The molecule has 23 heavy (non-hydrogen) atoms. The van der Waals surface area contributed by atoms with Gasteiger partial charge in [0.25, 0.3) is 0 Å². The van der Waals surface area contributed by atoms with Crippen LogP contribution in [-0.4, -0.2) is 27.5 Å². The third-order valence-corrected chi connectivity index (χ3v) is 3.94. The summed E-state index contributed by atoms with van der Waals surface area (Å²) in [5.41, 5.74) is 0.808. The maximum Gasteiger partial charge on any atom is 0.335 e. The Hall–Kier alpha value is -2.19. The monoisotopic (exact) mass is 349 g/mol. The van der Waals surface area contributed by atoms with Crippen LogP contribution < -0.4 is 10.1 Å². The van der Waals surface area contributed by atoms with Crippen LogP contribution in [0.3, 0.4) is 0 Å². The van der Waals surface area contributed by atoms with E-state index in [-0.39, 0.29) is 12.3 Å². The van der Waals surface area contributed by atoms with Gasteiger partial charge in [-0.25, -0.2) is 4.79 Å². The summed E-state index contributed by atoms with van der Waals surface area (Å²) in [5, 5.41) is 3.83. The molecule has 6 nitrogen and oxygen atoms in total. The summed E-state index contributed by atoms with van der Waals surface area (Å²) in [6, 6.07) is 6.79. The van der Waals surface area contributed by atoms with E-state index in [4.69, 9.17) is 4.74 Å². The minimum absolute atomic E-state index is 0.174. The second-order valence-corrected chi connectivity index (χ2v) is 5.90. The molecule has 1 heterocycles. The lowest BCUT2D eigenvalue weighted by molar-refractivity contribution is -0.129. The highest BCUT2D eigenvalue weighted by Gasteiger charge is 2.09. The number of thioether (sulfide) groups is 1. The number of aromatic nitrogens is 2. The molecule has 0 atom stereocenters. The van der Waals surface area contributed by atoms with Crippen LogP contribution in [0.5, 0.6) is 5.75 Å². The Bertz CT molecular complexity index is 711. The minimum atomic E-state index is -0.432. The zero-order valence-corrected chi connectivity index (χ0v) is 14.2. The standard InChI is InChI=1S/C15H15N3O3S2/c1-3-4-13(20)21-11-7-5-10(6-8-11)9-12(19)16-14-17-15(22-2)18-23-14/h3-8H,9H2,1-2H3,(H,16,17,18,19)/b4-3+. The Labute approximate surface area is 142 Å². The number of hydrogen-bond acceptors (Lipinski definition) is 7. The van der Waals surface area contributed by atoms with Crippen LogP contribution in [0.1, 0.15) is 12.5 Å². The Morgan fingerprint density at radius 2 is 2.09 bits per heavy atom. The Morgan fingerprint density at radius 1 is 1.35 bits per heavy atom. The summed E-state index contributed by atoms with van der Waals surface area (Å²) in [4.78, 5) is 27.4. The fraction of sp³-hybridized carbons (Fsp3) is 0.200. The van der Waals surface area contributed by atoms with Gasteiger partial charge in [-0.15, -0.1) is 0 Å². The minimum Gasteiger partial charge on any atom is -0.423 e. The molecule has 1 amide bonds. The van der Waals surface area contributed by atoms with Crippen LogP contribution in [0.2, 0.25) is 0 Å². The molecule has 0 spiro atoms. The number of rotatable bonds is 6. The molecule has 0 radical (unpaired) electrons. The number of hydrogen-bond donors (Lipinski definition) is 1. The maximum atomic E-state index is 12.0. The molecule has 0 unspecified atom stereocenters. The summed E-state index contributed by atoms with van der Waals surface area (Å²) in [5.74, 6) is -0.169. The second-order valence-electron chi connectivity index (χ2n) is 4.38. The molecule has 0 aliphatic heterocycles. The van der Waals surface area contributed by atoms with Crippen molar-refractivity contribution >= 4 is 40.3 Å². The Morgan fingerprint density at radius 3 is 2.70 bits per heavy atom. The largest absolute Gasteiger partial charge is 0.423 e. The van der Waals surface area contributed by atoms with E-state index in [9.17, 15) is 9.59 Å². The molecular weight excluding hydrogens is 334 g/mol. The van der Waals surface area contributed by atoms with Gasteiger partial charge in [0.15, 0.2) is 0 Å². The highest BCUT2D eigenvalue weighted by molar-refractivity contribution is 7.98. The number of benzene rings is 1. The fourth-order valence-electron chi connectivity index (χ4n) is 1.65. The summed E-state index contributed by atoms with van der Waals surface area (Å²) in [6.07, 6.45) is 5.03. The zero-order valence-electron chi connectivity index (χ0n) is 12.6. The van der Waals surface area contributed by atoms with Gasteiger partial charge in [-0.1, -0.05) is 30.0 Å². The third-order valence-electron chi connectivity index (χ3n) is 2.65. The van der Waals surface area contributed by atoms with Crippen LogP contribution in [-0.2, 0) is 16.0 Å².